The Morgan fingerprint density at radius 2 is 1.50 bits per heavy atom. The fourth-order valence-electron chi connectivity index (χ4n) is 0.192. The molecule has 0 amide bonds. The molecule has 0 unspecified atom stereocenters. The predicted molar refractivity (Wildman–Crippen MR) is 27.9 cm³/mol. The van der Waals surface area contributed by atoms with Gasteiger partial charge in [0.05, 0.1) is 0 Å². The van der Waals surface area contributed by atoms with Crippen molar-refractivity contribution in [3.05, 3.63) is 0 Å². The van der Waals surface area contributed by atoms with Crippen molar-refractivity contribution < 1.29 is 34.5 Å². The van der Waals surface area contributed by atoms with E-state index in [9.17, 15) is 34.5 Å². The second-order valence-corrected chi connectivity index (χ2v) is 4.63. The van der Waals surface area contributed by atoms with Gasteiger partial charge >= 0.3 is 23.4 Å². The number of alkyl halides is 3. The third-order valence-electron chi connectivity index (χ3n) is 0.531. The summed E-state index contributed by atoms with van der Waals surface area (Å²) in [5, 5.41) is 0. The van der Waals surface area contributed by atoms with Crippen molar-refractivity contribution in [2.75, 3.05) is 0 Å². The Balaban J connectivity index is 4.83. The third-order valence-corrected chi connectivity index (χ3v) is 2.95. The third kappa shape index (κ3) is 3.46. The van der Waals surface area contributed by atoms with E-state index in [4.69, 9.17) is 0 Å². The molecule has 0 aromatic heterocycles. The molecule has 12 heavy (non-hydrogen) atoms. The van der Waals surface area contributed by atoms with Gasteiger partial charge in [0.2, 0.25) is 0 Å². The first-order valence-electron chi connectivity index (χ1n) is 2.05. The number of rotatable bonds is 2. The average Bonchev–Trinajstić information content (AvgIpc) is 1.52. The SMILES string of the molecule is O=P(F)(F)NS(=O)(=O)C(F)(F)F. The second kappa shape index (κ2) is 2.93. The Kier molecular flexibility index (Phi) is 2.88. The standard InChI is InChI=1S/CHF5NO3PS/c2-1(3,4)12(9,10)7-11(5,6)8/h(H,7,8). The molecule has 0 saturated carbocycles. The molecule has 0 spiro atoms. The highest BCUT2D eigenvalue weighted by Gasteiger charge is 2.49. The van der Waals surface area contributed by atoms with Crippen molar-refractivity contribution in [1.29, 1.82) is 0 Å². The zero-order valence-corrected chi connectivity index (χ0v) is 6.68. The van der Waals surface area contributed by atoms with E-state index in [0.717, 1.165) is 0 Å². The van der Waals surface area contributed by atoms with Gasteiger partial charge in [-0.2, -0.15) is 13.2 Å². The molecule has 1 N–H and O–H groups in total. The molecule has 0 rings (SSSR count). The largest absolute Gasteiger partial charge is 0.512 e. The predicted octanol–water partition coefficient (Wildman–Crippen LogP) is 1.47. The van der Waals surface area contributed by atoms with E-state index < -0.39 is 23.4 Å². The van der Waals surface area contributed by atoms with Gasteiger partial charge in [-0.25, -0.2) is 13.0 Å². The molecule has 0 aliphatic carbocycles. The maximum Gasteiger partial charge on any atom is 0.512 e. The summed E-state index contributed by atoms with van der Waals surface area (Å²) >= 11 is 0. The summed E-state index contributed by atoms with van der Waals surface area (Å²) in [5.74, 6) is 0. The van der Waals surface area contributed by atoms with E-state index >= 15 is 0 Å². The zero-order chi connectivity index (χ0) is 10.2. The van der Waals surface area contributed by atoms with Gasteiger partial charge < -0.3 is 0 Å². The van der Waals surface area contributed by atoms with Crippen LogP contribution in [0.3, 0.4) is 0 Å². The van der Waals surface area contributed by atoms with Crippen molar-refractivity contribution in [1.82, 2.24) is 4.49 Å². The Morgan fingerprint density at radius 3 is 1.58 bits per heavy atom. The van der Waals surface area contributed by atoms with Crippen LogP contribution in [-0.4, -0.2) is 13.9 Å². The zero-order valence-electron chi connectivity index (χ0n) is 4.97. The Morgan fingerprint density at radius 1 is 1.17 bits per heavy atom. The molecule has 0 aliphatic rings. The smallest absolute Gasteiger partial charge is 0.231 e. The molecule has 0 bridgehead atoms. The Bertz CT molecular complexity index is 299. The maximum absolute atomic E-state index is 11.3. The number of hydrogen-bond acceptors (Lipinski definition) is 3. The van der Waals surface area contributed by atoms with Crippen molar-refractivity contribution in [3.63, 3.8) is 0 Å². The molecular formula is CHF5NO3PS. The summed E-state index contributed by atoms with van der Waals surface area (Å²) in [5.41, 5.74) is -5.89. The molecule has 0 aromatic carbocycles. The first-order valence-corrected chi connectivity index (χ1v) is 5.02. The van der Waals surface area contributed by atoms with Crippen LogP contribution in [0.1, 0.15) is 0 Å². The van der Waals surface area contributed by atoms with Gasteiger partial charge in [0.25, 0.3) is 0 Å². The molecule has 0 heterocycles. The number of sulfonamides is 1. The van der Waals surface area contributed by atoms with Gasteiger partial charge in [-0.05, 0) is 0 Å². The Hall–Kier alpha value is -0.210. The second-order valence-electron chi connectivity index (χ2n) is 1.50. The van der Waals surface area contributed by atoms with Crippen LogP contribution in [0.5, 0.6) is 0 Å². The van der Waals surface area contributed by atoms with E-state index in [2.05, 4.69) is 0 Å². The lowest BCUT2D eigenvalue weighted by atomic mass is 11.6. The fourth-order valence-corrected chi connectivity index (χ4v) is 1.72. The molecule has 4 nitrogen and oxygen atoms in total. The first-order chi connectivity index (χ1) is 4.96. The normalized spacial score (nSPS) is 14.8. The minimum absolute atomic E-state index is 0.295. The fraction of sp³-hybridized carbons (Fsp3) is 1.00. The lowest BCUT2D eigenvalue weighted by Crippen LogP contribution is -2.33. The van der Waals surface area contributed by atoms with Crippen LogP contribution >= 0.6 is 7.91 Å². The van der Waals surface area contributed by atoms with Gasteiger partial charge in [-0.3, -0.25) is 0 Å². The highest BCUT2D eigenvalue weighted by molar-refractivity contribution is 7.95. The monoisotopic (exact) mass is 233 g/mol. The lowest BCUT2D eigenvalue weighted by molar-refractivity contribution is -0.0442. The summed E-state index contributed by atoms with van der Waals surface area (Å²) in [7, 11) is -12.7. The van der Waals surface area contributed by atoms with E-state index in [0.29, 0.717) is 0 Å². The summed E-state index contributed by atoms with van der Waals surface area (Å²) in [6.07, 6.45) is 0. The molecule has 74 valence electrons. The van der Waals surface area contributed by atoms with Crippen molar-refractivity contribution in [2.24, 2.45) is 0 Å². The van der Waals surface area contributed by atoms with Crippen LogP contribution in [0.25, 0.3) is 0 Å². The summed E-state index contributed by atoms with van der Waals surface area (Å²) < 4.78 is 85.0. The van der Waals surface area contributed by atoms with E-state index in [-0.39, 0.29) is 4.49 Å². The molecule has 0 atom stereocenters. The molecule has 0 saturated heterocycles. The highest BCUT2D eigenvalue weighted by Crippen LogP contribution is 2.46. The minimum Gasteiger partial charge on any atom is -0.231 e. The number of halogens is 5. The summed E-state index contributed by atoms with van der Waals surface area (Å²) in [4.78, 5) is 0. The van der Waals surface area contributed by atoms with Gasteiger partial charge in [0.15, 0.2) is 0 Å². The minimum atomic E-state index is -6.44. The van der Waals surface area contributed by atoms with E-state index in [1.807, 2.05) is 0 Å². The average molecular weight is 233 g/mol. The van der Waals surface area contributed by atoms with Gasteiger partial charge in [-0.15, -0.1) is 12.9 Å². The summed E-state index contributed by atoms with van der Waals surface area (Å²) in [6.45, 7) is 0. The first kappa shape index (κ1) is 11.8. The topological polar surface area (TPSA) is 63.2 Å². The highest BCUT2D eigenvalue weighted by atomic mass is 32.2. The van der Waals surface area contributed by atoms with Crippen LogP contribution in [0.15, 0.2) is 0 Å². The molecule has 0 aromatic rings. The van der Waals surface area contributed by atoms with Crippen molar-refractivity contribution >= 4 is 17.9 Å². The van der Waals surface area contributed by atoms with Crippen LogP contribution in [0.2, 0.25) is 0 Å². The lowest BCUT2D eigenvalue weighted by Gasteiger charge is -2.06. The van der Waals surface area contributed by atoms with Crippen LogP contribution in [-0.2, 0) is 14.6 Å². The number of nitrogens with one attached hydrogen (secondary N) is 1. The van der Waals surface area contributed by atoms with E-state index in [1.165, 1.54) is 0 Å². The molecule has 0 fully saturated rings. The van der Waals surface area contributed by atoms with Crippen LogP contribution < -0.4 is 4.49 Å². The van der Waals surface area contributed by atoms with Crippen LogP contribution in [0.4, 0.5) is 21.6 Å². The van der Waals surface area contributed by atoms with Gasteiger partial charge in [0, 0.05) is 0 Å². The maximum atomic E-state index is 11.3. The van der Waals surface area contributed by atoms with Crippen LogP contribution in [0, 0.1) is 0 Å². The number of hydrogen-bond donors (Lipinski definition) is 1. The molecule has 11 heteroatoms. The Labute approximate surface area is 63.5 Å². The van der Waals surface area contributed by atoms with Gasteiger partial charge in [-0.1, -0.05) is 0 Å². The summed E-state index contributed by atoms with van der Waals surface area (Å²) in [6, 6.07) is 0. The van der Waals surface area contributed by atoms with E-state index in [1.54, 1.807) is 0 Å². The molecular weight excluding hydrogens is 232 g/mol. The van der Waals surface area contributed by atoms with Crippen molar-refractivity contribution in [3.8, 4) is 0 Å². The quantitative estimate of drug-likeness (QED) is 0.580. The van der Waals surface area contributed by atoms with Crippen molar-refractivity contribution in [2.45, 2.75) is 5.51 Å². The van der Waals surface area contributed by atoms with Gasteiger partial charge in [0.1, 0.15) is 0 Å². The molecule has 0 radical (unpaired) electrons. The molecule has 0 aliphatic heterocycles.